The Labute approximate surface area is 121 Å². The fourth-order valence-electron chi connectivity index (χ4n) is 2.69. The van der Waals surface area contributed by atoms with Gasteiger partial charge in [-0.05, 0) is 38.5 Å². The number of benzene rings is 1. The molecule has 5 nitrogen and oxygen atoms in total. The fraction of sp³-hybridized carbons (Fsp3) is 0.571. The molecular formula is C14H22N2O3S. The van der Waals surface area contributed by atoms with Crippen molar-refractivity contribution in [3.05, 3.63) is 23.8 Å². The van der Waals surface area contributed by atoms with E-state index >= 15 is 0 Å². The minimum Gasteiger partial charge on any atom is -0.495 e. The van der Waals surface area contributed by atoms with Gasteiger partial charge >= 0.3 is 0 Å². The highest BCUT2D eigenvalue weighted by Crippen LogP contribution is 2.30. The molecule has 6 heteroatoms. The summed E-state index contributed by atoms with van der Waals surface area (Å²) >= 11 is 0. The van der Waals surface area contributed by atoms with Gasteiger partial charge in [-0.2, -0.15) is 4.31 Å². The molecule has 1 aliphatic rings. The Kier molecular flexibility index (Phi) is 4.36. The van der Waals surface area contributed by atoms with Crippen LogP contribution in [0.3, 0.4) is 0 Å². The molecule has 1 aromatic carbocycles. The van der Waals surface area contributed by atoms with Crippen LogP contribution in [0.2, 0.25) is 0 Å². The number of rotatable bonds is 3. The van der Waals surface area contributed by atoms with Crippen molar-refractivity contribution in [1.29, 1.82) is 0 Å². The molecule has 1 aromatic rings. The average Bonchev–Trinajstić information content (AvgIpc) is 2.38. The predicted molar refractivity (Wildman–Crippen MR) is 78.5 cm³/mol. The van der Waals surface area contributed by atoms with Crippen LogP contribution in [0.1, 0.15) is 19.4 Å². The van der Waals surface area contributed by atoms with Gasteiger partial charge in [0.05, 0.1) is 7.11 Å². The zero-order valence-electron chi connectivity index (χ0n) is 12.4. The fourth-order valence-corrected chi connectivity index (χ4v) is 4.75. The quantitative estimate of drug-likeness (QED) is 0.916. The standard InChI is InChI=1S/C14H22N2O3S/c1-10-5-6-13(19-4)14(7-10)20(17,18)16-11(2)8-15-9-12(16)3/h5-7,11-12,15H,8-9H2,1-4H3. The van der Waals surface area contributed by atoms with E-state index < -0.39 is 10.0 Å². The molecule has 1 N–H and O–H groups in total. The van der Waals surface area contributed by atoms with Gasteiger partial charge in [0.1, 0.15) is 10.6 Å². The Bertz CT molecular complexity index is 576. The number of nitrogens with one attached hydrogen (secondary N) is 1. The summed E-state index contributed by atoms with van der Waals surface area (Å²) in [5.74, 6) is 0.397. The van der Waals surface area contributed by atoms with Gasteiger partial charge in [0.25, 0.3) is 0 Å². The lowest BCUT2D eigenvalue weighted by Crippen LogP contribution is -2.57. The third kappa shape index (κ3) is 2.68. The molecule has 0 amide bonds. The van der Waals surface area contributed by atoms with E-state index in [-0.39, 0.29) is 17.0 Å². The number of hydrogen-bond donors (Lipinski definition) is 1. The summed E-state index contributed by atoms with van der Waals surface area (Å²) in [6, 6.07) is 5.08. The minimum absolute atomic E-state index is 0.0750. The van der Waals surface area contributed by atoms with Gasteiger partial charge in [-0.1, -0.05) is 6.07 Å². The maximum absolute atomic E-state index is 13.0. The number of nitrogens with zero attached hydrogens (tertiary/aromatic N) is 1. The second kappa shape index (κ2) is 5.71. The molecule has 0 radical (unpaired) electrons. The molecule has 0 saturated carbocycles. The van der Waals surface area contributed by atoms with Crippen molar-refractivity contribution in [2.75, 3.05) is 20.2 Å². The molecule has 1 fully saturated rings. The average molecular weight is 298 g/mol. The Balaban J connectivity index is 2.51. The second-order valence-corrected chi connectivity index (χ2v) is 7.16. The molecular weight excluding hydrogens is 276 g/mol. The number of ether oxygens (including phenoxy) is 1. The van der Waals surface area contributed by atoms with E-state index in [1.807, 2.05) is 26.8 Å². The Morgan fingerprint density at radius 2 is 1.85 bits per heavy atom. The molecule has 0 spiro atoms. The third-order valence-corrected chi connectivity index (χ3v) is 5.77. The zero-order valence-corrected chi connectivity index (χ0v) is 13.2. The van der Waals surface area contributed by atoms with E-state index in [9.17, 15) is 8.42 Å². The van der Waals surface area contributed by atoms with Crippen LogP contribution in [-0.4, -0.2) is 45.0 Å². The highest BCUT2D eigenvalue weighted by atomic mass is 32.2. The van der Waals surface area contributed by atoms with Gasteiger partial charge in [-0.3, -0.25) is 0 Å². The van der Waals surface area contributed by atoms with Crippen LogP contribution in [0.4, 0.5) is 0 Å². The Morgan fingerprint density at radius 3 is 2.40 bits per heavy atom. The normalized spacial score (nSPS) is 24.6. The van der Waals surface area contributed by atoms with E-state index in [0.29, 0.717) is 18.8 Å². The summed E-state index contributed by atoms with van der Waals surface area (Å²) in [5, 5.41) is 3.24. The van der Waals surface area contributed by atoms with Gasteiger partial charge in [0.15, 0.2) is 0 Å². The van der Waals surface area contributed by atoms with Crippen molar-refractivity contribution in [2.24, 2.45) is 0 Å². The van der Waals surface area contributed by atoms with E-state index in [1.54, 1.807) is 16.4 Å². The third-order valence-electron chi connectivity index (χ3n) is 3.62. The second-order valence-electron chi connectivity index (χ2n) is 5.35. The highest BCUT2D eigenvalue weighted by molar-refractivity contribution is 7.89. The number of hydrogen-bond acceptors (Lipinski definition) is 4. The summed E-state index contributed by atoms with van der Waals surface area (Å²) in [5.41, 5.74) is 0.903. The molecule has 0 aliphatic carbocycles. The van der Waals surface area contributed by atoms with Gasteiger partial charge in [-0.15, -0.1) is 0 Å². The number of piperazine rings is 1. The lowest BCUT2D eigenvalue weighted by Gasteiger charge is -2.38. The summed E-state index contributed by atoms with van der Waals surface area (Å²) in [4.78, 5) is 0.251. The summed E-state index contributed by atoms with van der Waals surface area (Å²) in [7, 11) is -2.06. The monoisotopic (exact) mass is 298 g/mol. The van der Waals surface area contributed by atoms with Crippen LogP contribution in [0.15, 0.2) is 23.1 Å². The lowest BCUT2D eigenvalue weighted by atomic mass is 10.2. The predicted octanol–water partition coefficient (Wildman–Crippen LogP) is 1.37. The topological polar surface area (TPSA) is 58.6 Å². The van der Waals surface area contributed by atoms with Crippen LogP contribution < -0.4 is 10.1 Å². The van der Waals surface area contributed by atoms with Crippen molar-refractivity contribution in [1.82, 2.24) is 9.62 Å². The first-order valence-corrected chi connectivity index (χ1v) is 8.21. The van der Waals surface area contributed by atoms with Gasteiger partial charge in [-0.25, -0.2) is 8.42 Å². The largest absolute Gasteiger partial charge is 0.495 e. The van der Waals surface area contributed by atoms with Crippen molar-refractivity contribution < 1.29 is 13.2 Å². The molecule has 2 atom stereocenters. The maximum atomic E-state index is 13.0. The van der Waals surface area contributed by atoms with Crippen LogP contribution >= 0.6 is 0 Å². The molecule has 2 rings (SSSR count). The van der Waals surface area contributed by atoms with Crippen LogP contribution in [-0.2, 0) is 10.0 Å². The van der Waals surface area contributed by atoms with E-state index in [1.165, 1.54) is 7.11 Å². The van der Waals surface area contributed by atoms with E-state index in [2.05, 4.69) is 5.32 Å². The van der Waals surface area contributed by atoms with Crippen molar-refractivity contribution in [3.63, 3.8) is 0 Å². The molecule has 2 unspecified atom stereocenters. The molecule has 0 aromatic heterocycles. The molecule has 1 saturated heterocycles. The summed E-state index contributed by atoms with van der Waals surface area (Å²) in [6.45, 7) is 7.05. The van der Waals surface area contributed by atoms with Crippen molar-refractivity contribution in [2.45, 2.75) is 37.8 Å². The van der Waals surface area contributed by atoms with Crippen LogP contribution in [0.25, 0.3) is 0 Å². The number of sulfonamides is 1. The summed E-state index contributed by atoms with van der Waals surface area (Å²) < 4.78 is 32.7. The highest BCUT2D eigenvalue weighted by Gasteiger charge is 2.37. The minimum atomic E-state index is -3.56. The SMILES string of the molecule is COc1ccc(C)cc1S(=O)(=O)N1C(C)CNCC1C. The Hall–Kier alpha value is -1.11. The van der Waals surface area contributed by atoms with Crippen molar-refractivity contribution >= 4 is 10.0 Å². The first kappa shape index (κ1) is 15.3. The maximum Gasteiger partial charge on any atom is 0.247 e. The lowest BCUT2D eigenvalue weighted by molar-refractivity contribution is 0.219. The molecule has 1 aliphatic heterocycles. The molecule has 1 heterocycles. The smallest absolute Gasteiger partial charge is 0.247 e. The van der Waals surface area contributed by atoms with E-state index in [4.69, 9.17) is 4.74 Å². The van der Waals surface area contributed by atoms with Gasteiger partial charge < -0.3 is 10.1 Å². The summed E-state index contributed by atoms with van der Waals surface area (Å²) in [6.07, 6.45) is 0. The Morgan fingerprint density at radius 1 is 1.25 bits per heavy atom. The van der Waals surface area contributed by atoms with Gasteiger partial charge in [0, 0.05) is 25.2 Å². The van der Waals surface area contributed by atoms with E-state index in [0.717, 1.165) is 5.56 Å². The first-order valence-electron chi connectivity index (χ1n) is 6.77. The molecule has 0 bridgehead atoms. The van der Waals surface area contributed by atoms with Crippen molar-refractivity contribution in [3.8, 4) is 5.75 Å². The molecule has 20 heavy (non-hydrogen) atoms. The number of methoxy groups -OCH3 is 1. The molecule has 112 valence electrons. The van der Waals surface area contributed by atoms with Gasteiger partial charge in [0.2, 0.25) is 10.0 Å². The zero-order chi connectivity index (χ0) is 14.9. The first-order chi connectivity index (χ1) is 9.37. The number of aryl methyl sites for hydroxylation is 1. The van der Waals surface area contributed by atoms with Crippen LogP contribution in [0.5, 0.6) is 5.75 Å². The van der Waals surface area contributed by atoms with Crippen LogP contribution in [0, 0.1) is 6.92 Å².